The maximum absolute atomic E-state index is 5.89. The molecule has 0 aromatic heterocycles. The summed E-state index contributed by atoms with van der Waals surface area (Å²) in [5.74, 6) is 0. The second-order valence-corrected chi connectivity index (χ2v) is 8.07. The first-order valence-electron chi connectivity index (χ1n) is 6.77. The van der Waals surface area contributed by atoms with Gasteiger partial charge >= 0.3 is 8.56 Å². The Morgan fingerprint density at radius 1 is 1.18 bits per heavy atom. The van der Waals surface area contributed by atoms with Crippen LogP contribution < -0.4 is 11.1 Å². The fourth-order valence-electron chi connectivity index (χ4n) is 1.78. The lowest BCUT2D eigenvalue weighted by atomic mass is 10.2. The van der Waals surface area contributed by atoms with Crippen LogP contribution in [0.25, 0.3) is 0 Å². The van der Waals surface area contributed by atoms with Crippen molar-refractivity contribution in [2.45, 2.75) is 58.9 Å². The maximum Gasteiger partial charge on any atom is 0.332 e. The molecular formula is C12H30N2O2Si. The molecule has 3 N–H and O–H groups in total. The molecule has 104 valence electrons. The van der Waals surface area contributed by atoms with E-state index in [9.17, 15) is 0 Å². The molecule has 5 heteroatoms. The third-order valence-corrected chi connectivity index (χ3v) is 4.42. The van der Waals surface area contributed by atoms with Gasteiger partial charge in [-0.3, -0.25) is 5.32 Å². The number of hydrogen-bond donors (Lipinski definition) is 2. The highest BCUT2D eigenvalue weighted by Gasteiger charge is 2.26. The van der Waals surface area contributed by atoms with Crippen LogP contribution in [-0.4, -0.2) is 34.5 Å². The molecule has 1 atom stereocenters. The summed E-state index contributed by atoms with van der Waals surface area (Å²) in [4.78, 5) is 0. The fourth-order valence-corrected chi connectivity index (χ4v) is 3.48. The zero-order valence-electron chi connectivity index (χ0n) is 11.9. The Hall–Kier alpha value is 0.0569. The van der Waals surface area contributed by atoms with Crippen LogP contribution >= 0.6 is 0 Å². The third kappa shape index (κ3) is 10.9. The molecule has 0 radical (unpaired) electrons. The molecule has 0 aromatic carbocycles. The molecule has 0 saturated carbocycles. The van der Waals surface area contributed by atoms with E-state index >= 15 is 0 Å². The maximum atomic E-state index is 5.89. The Balaban J connectivity index is 3.48. The summed E-state index contributed by atoms with van der Waals surface area (Å²) >= 11 is 0. The van der Waals surface area contributed by atoms with Crippen LogP contribution in [0.15, 0.2) is 0 Å². The molecule has 0 spiro atoms. The number of hydrogen-bond acceptors (Lipinski definition) is 4. The summed E-state index contributed by atoms with van der Waals surface area (Å²) in [7, 11) is -1.93. The molecule has 1 unspecified atom stereocenters. The predicted octanol–water partition coefficient (Wildman–Crippen LogP) is 2.20. The van der Waals surface area contributed by atoms with Gasteiger partial charge in [-0.25, -0.2) is 0 Å². The van der Waals surface area contributed by atoms with E-state index in [4.69, 9.17) is 14.6 Å². The van der Waals surface area contributed by atoms with Crippen molar-refractivity contribution in [2.24, 2.45) is 5.73 Å². The van der Waals surface area contributed by atoms with E-state index in [2.05, 4.69) is 18.4 Å². The van der Waals surface area contributed by atoms with E-state index in [1.54, 1.807) is 0 Å². The van der Waals surface area contributed by atoms with Crippen molar-refractivity contribution < 1.29 is 8.85 Å². The van der Waals surface area contributed by atoms with Crippen LogP contribution in [0.5, 0.6) is 0 Å². The molecule has 0 aliphatic carbocycles. The van der Waals surface area contributed by atoms with E-state index < -0.39 is 8.56 Å². The topological polar surface area (TPSA) is 56.5 Å². The largest absolute Gasteiger partial charge is 0.395 e. The van der Waals surface area contributed by atoms with Crippen LogP contribution in [0, 0.1) is 0 Å². The predicted molar refractivity (Wildman–Crippen MR) is 75.2 cm³/mol. The van der Waals surface area contributed by atoms with E-state index in [0.717, 1.165) is 26.1 Å². The summed E-state index contributed by atoms with van der Waals surface area (Å²) in [6.45, 7) is 10.8. The molecule has 4 nitrogen and oxygen atoms in total. The first-order chi connectivity index (χ1) is 8.02. The van der Waals surface area contributed by atoms with Gasteiger partial charge in [-0.2, -0.15) is 0 Å². The van der Waals surface area contributed by atoms with Gasteiger partial charge in [0, 0.05) is 6.61 Å². The van der Waals surface area contributed by atoms with Crippen LogP contribution in [-0.2, 0) is 8.85 Å². The van der Waals surface area contributed by atoms with E-state index in [1.165, 1.54) is 19.3 Å². The lowest BCUT2D eigenvalue weighted by Gasteiger charge is -2.27. The first kappa shape index (κ1) is 17.1. The Morgan fingerprint density at radius 2 is 1.82 bits per heavy atom. The third-order valence-electron chi connectivity index (χ3n) is 2.52. The van der Waals surface area contributed by atoms with Gasteiger partial charge in [-0.1, -0.05) is 12.8 Å². The number of rotatable bonds is 11. The van der Waals surface area contributed by atoms with Gasteiger partial charge < -0.3 is 14.6 Å². The highest BCUT2D eigenvalue weighted by Crippen LogP contribution is 2.08. The lowest BCUT2D eigenvalue weighted by molar-refractivity contribution is 0.112. The second-order valence-electron chi connectivity index (χ2n) is 4.75. The lowest BCUT2D eigenvalue weighted by Crippen LogP contribution is -2.43. The van der Waals surface area contributed by atoms with E-state index in [0.29, 0.717) is 0 Å². The Kier molecular flexibility index (Phi) is 10.1. The monoisotopic (exact) mass is 262 g/mol. The number of nitrogens with two attached hydrogens (primary N) is 1. The van der Waals surface area contributed by atoms with Crippen molar-refractivity contribution in [3.63, 3.8) is 0 Å². The minimum atomic E-state index is -1.93. The first-order valence-corrected chi connectivity index (χ1v) is 9.58. The number of unbranched alkanes of at least 4 members (excludes halogenated alkanes) is 3. The van der Waals surface area contributed by atoms with Gasteiger partial charge in [-0.15, -0.1) is 0 Å². The van der Waals surface area contributed by atoms with Crippen molar-refractivity contribution in [3.05, 3.63) is 0 Å². The summed E-state index contributed by atoms with van der Waals surface area (Å²) in [6, 6.07) is 0. The Morgan fingerprint density at radius 3 is 2.41 bits per heavy atom. The van der Waals surface area contributed by atoms with Gasteiger partial charge in [0.15, 0.2) is 0 Å². The van der Waals surface area contributed by atoms with Crippen molar-refractivity contribution in [1.29, 1.82) is 0 Å². The molecule has 17 heavy (non-hydrogen) atoms. The van der Waals surface area contributed by atoms with Crippen LogP contribution in [0.3, 0.4) is 0 Å². The summed E-state index contributed by atoms with van der Waals surface area (Å²) in [5.41, 5.74) is 5.44. The van der Waals surface area contributed by atoms with Crippen LogP contribution in [0.2, 0.25) is 13.1 Å². The molecule has 0 amide bonds. The highest BCUT2D eigenvalue weighted by atomic mass is 28.4. The molecule has 0 aliphatic heterocycles. The normalized spacial score (nSPS) is 13.9. The van der Waals surface area contributed by atoms with Crippen LogP contribution in [0.1, 0.15) is 39.5 Å². The zero-order valence-corrected chi connectivity index (χ0v) is 12.9. The summed E-state index contributed by atoms with van der Waals surface area (Å²) in [5, 5.41) is 3.38. The minimum absolute atomic E-state index is 0.0812. The van der Waals surface area contributed by atoms with E-state index in [-0.39, 0.29) is 6.23 Å². The van der Waals surface area contributed by atoms with Crippen molar-refractivity contribution >= 4 is 8.56 Å². The van der Waals surface area contributed by atoms with Gasteiger partial charge in [0.2, 0.25) is 0 Å². The SMILES string of the molecule is CCO[Si](C)(C)OC(C)NCCCCCCN. The van der Waals surface area contributed by atoms with Gasteiger partial charge in [0.1, 0.15) is 0 Å². The average molecular weight is 262 g/mol. The number of nitrogens with one attached hydrogen (secondary N) is 1. The molecule has 0 rings (SSSR count). The molecule has 0 saturated heterocycles. The standard InChI is InChI=1S/C12H30N2O2Si/c1-5-15-17(3,4)16-12(2)14-11-9-7-6-8-10-13/h12,14H,5-11,13H2,1-4H3. The van der Waals surface area contributed by atoms with Gasteiger partial charge in [0.05, 0.1) is 6.23 Å². The Labute approximate surface area is 107 Å². The van der Waals surface area contributed by atoms with Gasteiger partial charge in [0.25, 0.3) is 0 Å². The summed E-state index contributed by atoms with van der Waals surface area (Å²) < 4.78 is 11.5. The zero-order chi connectivity index (χ0) is 13.1. The van der Waals surface area contributed by atoms with Crippen molar-refractivity contribution in [1.82, 2.24) is 5.32 Å². The highest BCUT2D eigenvalue weighted by molar-refractivity contribution is 6.64. The molecule has 0 heterocycles. The molecule has 0 aromatic rings. The minimum Gasteiger partial charge on any atom is -0.395 e. The average Bonchev–Trinajstić information content (AvgIpc) is 2.22. The fraction of sp³-hybridized carbons (Fsp3) is 1.00. The molecule has 0 fully saturated rings. The van der Waals surface area contributed by atoms with Crippen molar-refractivity contribution in [2.75, 3.05) is 19.7 Å². The second kappa shape index (κ2) is 10.0. The molecule has 0 aliphatic rings. The van der Waals surface area contributed by atoms with Crippen LogP contribution in [0.4, 0.5) is 0 Å². The van der Waals surface area contributed by atoms with Gasteiger partial charge in [-0.05, 0) is 52.9 Å². The molecular weight excluding hydrogens is 232 g/mol. The van der Waals surface area contributed by atoms with Crippen molar-refractivity contribution in [3.8, 4) is 0 Å². The Bertz CT molecular complexity index is 180. The van der Waals surface area contributed by atoms with E-state index in [1.807, 2.05) is 13.8 Å². The summed E-state index contributed by atoms with van der Waals surface area (Å²) in [6.07, 6.45) is 4.87. The molecule has 0 bridgehead atoms. The quantitative estimate of drug-likeness (QED) is 0.340. The smallest absolute Gasteiger partial charge is 0.332 e.